The van der Waals surface area contributed by atoms with E-state index in [2.05, 4.69) is 0 Å². The SMILES string of the molecule is CN(C)C(=O)[C@H]1CC[C@@H]2[C@@H](CCN2S(=O)(=O)C2CC2)O1. The standard InChI is InChI=1S/C13H22N2O4S/c1-14(2)13(16)12-6-5-10-11(19-12)7-8-15(10)20(17,18)9-3-4-9/h9-12H,3-8H2,1-2H3/t10-,11-,12-/m1/s1. The van der Waals surface area contributed by atoms with Crippen LogP contribution in [0.25, 0.3) is 0 Å². The summed E-state index contributed by atoms with van der Waals surface area (Å²) in [6.07, 6.45) is 3.09. The molecule has 3 rings (SSSR count). The van der Waals surface area contributed by atoms with Crippen molar-refractivity contribution in [3.63, 3.8) is 0 Å². The quantitative estimate of drug-likeness (QED) is 0.746. The van der Waals surface area contributed by atoms with Crippen LogP contribution in [0.1, 0.15) is 32.1 Å². The number of hydrogen-bond acceptors (Lipinski definition) is 4. The first-order valence-corrected chi connectivity index (χ1v) is 8.79. The molecule has 1 aliphatic carbocycles. The lowest BCUT2D eigenvalue weighted by Gasteiger charge is -2.35. The average Bonchev–Trinajstić information content (AvgIpc) is 3.17. The van der Waals surface area contributed by atoms with Gasteiger partial charge in [-0.05, 0) is 32.1 Å². The zero-order chi connectivity index (χ0) is 14.5. The van der Waals surface area contributed by atoms with Gasteiger partial charge in [0.05, 0.1) is 17.4 Å². The lowest BCUT2D eigenvalue weighted by atomic mass is 9.99. The average molecular weight is 302 g/mol. The maximum absolute atomic E-state index is 12.4. The zero-order valence-corrected chi connectivity index (χ0v) is 12.8. The zero-order valence-electron chi connectivity index (χ0n) is 12.0. The lowest BCUT2D eigenvalue weighted by molar-refractivity contribution is -0.151. The van der Waals surface area contributed by atoms with Gasteiger partial charge in [-0.25, -0.2) is 8.42 Å². The number of amides is 1. The van der Waals surface area contributed by atoms with Crippen LogP contribution in [-0.2, 0) is 19.6 Å². The molecule has 0 unspecified atom stereocenters. The van der Waals surface area contributed by atoms with Crippen molar-refractivity contribution in [2.45, 2.75) is 55.6 Å². The van der Waals surface area contributed by atoms with Crippen molar-refractivity contribution in [1.82, 2.24) is 9.21 Å². The topological polar surface area (TPSA) is 66.9 Å². The Balaban J connectivity index is 1.69. The van der Waals surface area contributed by atoms with Gasteiger partial charge < -0.3 is 9.64 Å². The van der Waals surface area contributed by atoms with Gasteiger partial charge in [0, 0.05) is 20.6 Å². The van der Waals surface area contributed by atoms with E-state index in [1.54, 1.807) is 23.3 Å². The summed E-state index contributed by atoms with van der Waals surface area (Å²) in [6.45, 7) is 0.539. The molecule has 0 aromatic rings. The van der Waals surface area contributed by atoms with Crippen LogP contribution in [0.2, 0.25) is 0 Å². The Bertz CT molecular complexity index is 501. The Labute approximate surface area is 120 Å². The van der Waals surface area contributed by atoms with Gasteiger partial charge in [0.2, 0.25) is 10.0 Å². The van der Waals surface area contributed by atoms with Crippen molar-refractivity contribution in [3.05, 3.63) is 0 Å². The molecule has 0 aromatic carbocycles. The summed E-state index contributed by atoms with van der Waals surface area (Å²) in [5, 5.41) is -0.164. The summed E-state index contributed by atoms with van der Waals surface area (Å²) < 4.78 is 32.2. The number of nitrogens with zero attached hydrogens (tertiary/aromatic N) is 2. The molecule has 0 N–H and O–H groups in total. The molecule has 20 heavy (non-hydrogen) atoms. The second kappa shape index (κ2) is 4.96. The van der Waals surface area contributed by atoms with E-state index < -0.39 is 16.1 Å². The van der Waals surface area contributed by atoms with Crippen LogP contribution in [0.5, 0.6) is 0 Å². The second-order valence-electron chi connectivity index (χ2n) is 6.18. The molecule has 3 aliphatic rings. The van der Waals surface area contributed by atoms with Crippen LogP contribution in [0.15, 0.2) is 0 Å². The largest absolute Gasteiger partial charge is 0.363 e. The Kier molecular flexibility index (Phi) is 3.54. The van der Waals surface area contributed by atoms with E-state index in [1.807, 2.05) is 0 Å². The van der Waals surface area contributed by atoms with Crippen molar-refractivity contribution < 1.29 is 17.9 Å². The van der Waals surface area contributed by atoms with Crippen LogP contribution >= 0.6 is 0 Å². The molecule has 3 atom stereocenters. The number of ether oxygens (including phenoxy) is 1. The smallest absolute Gasteiger partial charge is 0.251 e. The molecule has 1 saturated carbocycles. The third-order valence-electron chi connectivity index (χ3n) is 4.49. The highest BCUT2D eigenvalue weighted by Gasteiger charge is 2.50. The first-order chi connectivity index (χ1) is 9.41. The van der Waals surface area contributed by atoms with Crippen LogP contribution in [0.3, 0.4) is 0 Å². The Hall–Kier alpha value is -0.660. The van der Waals surface area contributed by atoms with E-state index in [4.69, 9.17) is 4.74 Å². The maximum atomic E-state index is 12.4. The third-order valence-corrected chi connectivity index (χ3v) is 6.91. The predicted molar refractivity (Wildman–Crippen MR) is 73.6 cm³/mol. The first-order valence-electron chi connectivity index (χ1n) is 7.28. The van der Waals surface area contributed by atoms with Gasteiger partial charge in [0.15, 0.2) is 0 Å². The van der Waals surface area contributed by atoms with Gasteiger partial charge in [-0.3, -0.25) is 4.79 Å². The van der Waals surface area contributed by atoms with E-state index in [0.717, 1.165) is 19.3 Å². The Morgan fingerprint density at radius 3 is 2.45 bits per heavy atom. The molecule has 6 nitrogen and oxygen atoms in total. The molecule has 0 aromatic heterocycles. The summed E-state index contributed by atoms with van der Waals surface area (Å²) in [5.74, 6) is -0.0213. The molecular weight excluding hydrogens is 280 g/mol. The van der Waals surface area contributed by atoms with Crippen molar-refractivity contribution in [3.8, 4) is 0 Å². The highest BCUT2D eigenvalue weighted by molar-refractivity contribution is 7.90. The van der Waals surface area contributed by atoms with E-state index >= 15 is 0 Å². The lowest BCUT2D eigenvalue weighted by Crippen LogP contribution is -2.49. The van der Waals surface area contributed by atoms with E-state index in [0.29, 0.717) is 19.4 Å². The number of rotatable bonds is 3. The fraction of sp³-hybridized carbons (Fsp3) is 0.923. The van der Waals surface area contributed by atoms with Crippen molar-refractivity contribution >= 4 is 15.9 Å². The third kappa shape index (κ3) is 2.35. The number of carbonyl (C=O) groups excluding carboxylic acids is 1. The number of likely N-dealkylation sites (N-methyl/N-ethyl adjacent to an activating group) is 1. The van der Waals surface area contributed by atoms with Crippen LogP contribution in [0.4, 0.5) is 0 Å². The van der Waals surface area contributed by atoms with E-state index in [-0.39, 0.29) is 23.3 Å². The summed E-state index contributed by atoms with van der Waals surface area (Å²) in [4.78, 5) is 13.5. The predicted octanol–water partition coefficient (Wildman–Crippen LogP) is 0.189. The van der Waals surface area contributed by atoms with Crippen LogP contribution < -0.4 is 0 Å². The highest BCUT2D eigenvalue weighted by atomic mass is 32.2. The number of carbonyl (C=O) groups is 1. The minimum Gasteiger partial charge on any atom is -0.363 e. The fourth-order valence-corrected chi connectivity index (χ4v) is 5.32. The summed E-state index contributed by atoms with van der Waals surface area (Å²) in [7, 11) is 0.305. The van der Waals surface area contributed by atoms with E-state index in [9.17, 15) is 13.2 Å². The van der Waals surface area contributed by atoms with Gasteiger partial charge >= 0.3 is 0 Å². The first kappa shape index (κ1) is 14.3. The van der Waals surface area contributed by atoms with Crippen molar-refractivity contribution in [1.29, 1.82) is 0 Å². The maximum Gasteiger partial charge on any atom is 0.251 e. The monoisotopic (exact) mass is 302 g/mol. The van der Waals surface area contributed by atoms with Gasteiger partial charge in [-0.2, -0.15) is 4.31 Å². The molecule has 0 spiro atoms. The van der Waals surface area contributed by atoms with Crippen LogP contribution in [0, 0.1) is 0 Å². The Morgan fingerprint density at radius 2 is 1.85 bits per heavy atom. The molecule has 2 heterocycles. The molecule has 3 fully saturated rings. The fourth-order valence-electron chi connectivity index (χ4n) is 3.23. The second-order valence-corrected chi connectivity index (χ2v) is 8.35. The highest BCUT2D eigenvalue weighted by Crippen LogP contribution is 2.39. The molecular formula is C13H22N2O4S. The van der Waals surface area contributed by atoms with E-state index in [1.165, 1.54) is 0 Å². The minimum absolute atomic E-state index is 0.0213. The normalized spacial score (nSPS) is 34.8. The van der Waals surface area contributed by atoms with Gasteiger partial charge in [-0.1, -0.05) is 0 Å². The number of sulfonamides is 1. The van der Waals surface area contributed by atoms with Crippen molar-refractivity contribution in [2.75, 3.05) is 20.6 Å². The summed E-state index contributed by atoms with van der Waals surface area (Å²) in [5.41, 5.74) is 0. The molecule has 2 aliphatic heterocycles. The van der Waals surface area contributed by atoms with Gasteiger partial charge in [0.25, 0.3) is 5.91 Å². The molecule has 7 heteroatoms. The van der Waals surface area contributed by atoms with Gasteiger partial charge in [0.1, 0.15) is 6.10 Å². The molecule has 2 saturated heterocycles. The van der Waals surface area contributed by atoms with Crippen LogP contribution in [-0.4, -0.2) is 67.7 Å². The minimum atomic E-state index is -3.13. The Morgan fingerprint density at radius 1 is 1.15 bits per heavy atom. The summed E-state index contributed by atoms with van der Waals surface area (Å²) in [6, 6.07) is -0.0631. The number of hydrogen-bond donors (Lipinski definition) is 0. The summed E-state index contributed by atoms with van der Waals surface area (Å²) >= 11 is 0. The number of fused-ring (bicyclic) bond motifs is 1. The molecule has 0 radical (unpaired) electrons. The van der Waals surface area contributed by atoms with Gasteiger partial charge in [-0.15, -0.1) is 0 Å². The molecule has 1 amide bonds. The van der Waals surface area contributed by atoms with Crippen molar-refractivity contribution in [2.24, 2.45) is 0 Å². The molecule has 0 bridgehead atoms. The molecule has 114 valence electrons.